The molecule has 1 aromatic heterocycles. The molecule has 1 atom stereocenters. The van der Waals surface area contributed by atoms with Gasteiger partial charge in [0.25, 0.3) is 0 Å². The predicted molar refractivity (Wildman–Crippen MR) is 87.5 cm³/mol. The SMILES string of the molecule is CC(=O)N[C@@H](C)c1nc2ccccc2n1Cc1ccccc1F. The maximum absolute atomic E-state index is 14.0. The van der Waals surface area contributed by atoms with Crippen molar-refractivity contribution < 1.29 is 9.18 Å². The van der Waals surface area contributed by atoms with Crippen molar-refractivity contribution in [3.8, 4) is 0 Å². The van der Waals surface area contributed by atoms with Gasteiger partial charge in [0.05, 0.1) is 23.6 Å². The zero-order chi connectivity index (χ0) is 16.4. The number of para-hydroxylation sites is 2. The van der Waals surface area contributed by atoms with Gasteiger partial charge in [0.2, 0.25) is 5.91 Å². The molecule has 3 rings (SSSR count). The Morgan fingerprint density at radius 3 is 2.65 bits per heavy atom. The van der Waals surface area contributed by atoms with E-state index in [1.807, 2.05) is 41.8 Å². The van der Waals surface area contributed by atoms with Crippen molar-refractivity contribution in [3.63, 3.8) is 0 Å². The van der Waals surface area contributed by atoms with Crippen LogP contribution in [-0.2, 0) is 11.3 Å². The van der Waals surface area contributed by atoms with Gasteiger partial charge in [-0.05, 0) is 25.1 Å². The number of nitrogens with one attached hydrogen (secondary N) is 1. The van der Waals surface area contributed by atoms with E-state index < -0.39 is 0 Å². The summed E-state index contributed by atoms with van der Waals surface area (Å²) in [7, 11) is 0. The number of fused-ring (bicyclic) bond motifs is 1. The van der Waals surface area contributed by atoms with Crippen molar-refractivity contribution in [2.24, 2.45) is 0 Å². The monoisotopic (exact) mass is 311 g/mol. The van der Waals surface area contributed by atoms with Crippen LogP contribution in [0.3, 0.4) is 0 Å². The van der Waals surface area contributed by atoms with Crippen LogP contribution in [0.5, 0.6) is 0 Å². The fraction of sp³-hybridized carbons (Fsp3) is 0.222. The lowest BCUT2D eigenvalue weighted by Gasteiger charge is -2.16. The molecule has 0 radical (unpaired) electrons. The lowest BCUT2D eigenvalue weighted by Crippen LogP contribution is -2.26. The summed E-state index contributed by atoms with van der Waals surface area (Å²) in [6, 6.07) is 14.1. The van der Waals surface area contributed by atoms with Crippen LogP contribution in [0.1, 0.15) is 31.3 Å². The quantitative estimate of drug-likeness (QED) is 0.802. The second-order valence-corrected chi connectivity index (χ2v) is 5.56. The maximum Gasteiger partial charge on any atom is 0.217 e. The molecule has 0 unspecified atom stereocenters. The van der Waals surface area contributed by atoms with Gasteiger partial charge in [0.15, 0.2) is 0 Å². The van der Waals surface area contributed by atoms with Gasteiger partial charge in [0.1, 0.15) is 11.6 Å². The van der Waals surface area contributed by atoms with E-state index in [4.69, 9.17) is 0 Å². The number of benzene rings is 2. The summed E-state index contributed by atoms with van der Waals surface area (Å²) >= 11 is 0. The van der Waals surface area contributed by atoms with Crippen molar-refractivity contribution in [2.75, 3.05) is 0 Å². The van der Waals surface area contributed by atoms with Crippen LogP contribution in [-0.4, -0.2) is 15.5 Å². The maximum atomic E-state index is 14.0. The van der Waals surface area contributed by atoms with Crippen LogP contribution < -0.4 is 5.32 Å². The Labute approximate surface area is 134 Å². The summed E-state index contributed by atoms with van der Waals surface area (Å²) < 4.78 is 16.0. The molecule has 5 heteroatoms. The fourth-order valence-corrected chi connectivity index (χ4v) is 2.76. The molecule has 0 bridgehead atoms. The number of halogens is 1. The van der Waals surface area contributed by atoms with Crippen LogP contribution in [0.25, 0.3) is 11.0 Å². The minimum absolute atomic E-state index is 0.123. The highest BCUT2D eigenvalue weighted by molar-refractivity contribution is 5.77. The Morgan fingerprint density at radius 2 is 1.91 bits per heavy atom. The van der Waals surface area contributed by atoms with Gasteiger partial charge in [-0.15, -0.1) is 0 Å². The molecular weight excluding hydrogens is 293 g/mol. The first-order valence-electron chi connectivity index (χ1n) is 7.52. The van der Waals surface area contributed by atoms with E-state index in [1.165, 1.54) is 13.0 Å². The van der Waals surface area contributed by atoms with Gasteiger partial charge >= 0.3 is 0 Å². The van der Waals surface area contributed by atoms with Gasteiger partial charge in [-0.25, -0.2) is 9.37 Å². The van der Waals surface area contributed by atoms with Gasteiger partial charge in [-0.3, -0.25) is 4.79 Å². The largest absolute Gasteiger partial charge is 0.347 e. The molecular formula is C18H18FN3O. The van der Waals surface area contributed by atoms with Crippen molar-refractivity contribution in [1.82, 2.24) is 14.9 Å². The zero-order valence-corrected chi connectivity index (χ0v) is 13.1. The smallest absolute Gasteiger partial charge is 0.217 e. The molecule has 1 heterocycles. The molecule has 118 valence electrons. The molecule has 3 aromatic rings. The standard InChI is InChI=1S/C18H18FN3O/c1-12(20-13(2)23)18-21-16-9-5-6-10-17(16)22(18)11-14-7-3-4-8-15(14)19/h3-10,12H,11H2,1-2H3,(H,20,23)/t12-/m0/s1. The topological polar surface area (TPSA) is 46.9 Å². The van der Waals surface area contributed by atoms with E-state index in [1.54, 1.807) is 12.1 Å². The van der Waals surface area contributed by atoms with Gasteiger partial charge in [0, 0.05) is 12.5 Å². The average Bonchev–Trinajstić information content (AvgIpc) is 2.88. The van der Waals surface area contributed by atoms with Gasteiger partial charge in [-0.1, -0.05) is 30.3 Å². The lowest BCUT2D eigenvalue weighted by atomic mass is 10.2. The van der Waals surface area contributed by atoms with Crippen molar-refractivity contribution in [2.45, 2.75) is 26.4 Å². The molecule has 0 saturated carbocycles. The van der Waals surface area contributed by atoms with E-state index in [9.17, 15) is 9.18 Å². The van der Waals surface area contributed by atoms with Crippen LogP contribution in [0.4, 0.5) is 4.39 Å². The first-order chi connectivity index (χ1) is 11.1. The second kappa shape index (κ2) is 6.20. The average molecular weight is 311 g/mol. The van der Waals surface area contributed by atoms with E-state index in [0.29, 0.717) is 17.9 Å². The molecule has 0 saturated heterocycles. The highest BCUT2D eigenvalue weighted by atomic mass is 19.1. The fourth-order valence-electron chi connectivity index (χ4n) is 2.76. The summed E-state index contributed by atoms with van der Waals surface area (Å²) in [6.45, 7) is 3.72. The van der Waals surface area contributed by atoms with E-state index in [0.717, 1.165) is 11.0 Å². The Bertz CT molecular complexity index is 856. The summed E-state index contributed by atoms with van der Waals surface area (Å²) in [4.78, 5) is 16.0. The van der Waals surface area contributed by atoms with Crippen molar-refractivity contribution in [1.29, 1.82) is 0 Å². The van der Waals surface area contributed by atoms with Crippen molar-refractivity contribution >= 4 is 16.9 Å². The third-order valence-electron chi connectivity index (χ3n) is 3.78. The molecule has 1 amide bonds. The first-order valence-corrected chi connectivity index (χ1v) is 7.52. The van der Waals surface area contributed by atoms with Gasteiger partial charge < -0.3 is 9.88 Å². The van der Waals surface area contributed by atoms with Crippen LogP contribution in [0.15, 0.2) is 48.5 Å². The van der Waals surface area contributed by atoms with Crippen LogP contribution in [0, 0.1) is 5.82 Å². The Balaban J connectivity index is 2.09. The molecule has 0 fully saturated rings. The van der Waals surface area contributed by atoms with Crippen molar-refractivity contribution in [3.05, 3.63) is 65.7 Å². The molecule has 1 N–H and O–H groups in total. The van der Waals surface area contributed by atoms with Crippen LogP contribution in [0.2, 0.25) is 0 Å². The highest BCUT2D eigenvalue weighted by Gasteiger charge is 2.18. The number of nitrogens with zero attached hydrogens (tertiary/aromatic N) is 2. The molecule has 0 aliphatic carbocycles. The minimum atomic E-state index is -0.258. The third kappa shape index (κ3) is 3.08. The number of carbonyl (C=O) groups is 1. The third-order valence-corrected chi connectivity index (χ3v) is 3.78. The zero-order valence-electron chi connectivity index (χ0n) is 13.1. The Morgan fingerprint density at radius 1 is 1.22 bits per heavy atom. The number of aromatic nitrogens is 2. The number of hydrogen-bond donors (Lipinski definition) is 1. The number of hydrogen-bond acceptors (Lipinski definition) is 2. The highest BCUT2D eigenvalue weighted by Crippen LogP contribution is 2.23. The Kier molecular flexibility index (Phi) is 4.10. The number of rotatable bonds is 4. The summed E-state index contributed by atoms with van der Waals surface area (Å²) in [5.41, 5.74) is 2.34. The second-order valence-electron chi connectivity index (χ2n) is 5.56. The normalized spacial score (nSPS) is 12.3. The number of amides is 1. The summed E-state index contributed by atoms with van der Waals surface area (Å²) in [5.74, 6) is 0.343. The van der Waals surface area contributed by atoms with Crippen LogP contribution >= 0.6 is 0 Å². The number of imidazole rings is 1. The molecule has 2 aromatic carbocycles. The first kappa shape index (κ1) is 15.2. The predicted octanol–water partition coefficient (Wildman–Crippen LogP) is 3.42. The van der Waals surface area contributed by atoms with E-state index in [2.05, 4.69) is 10.3 Å². The number of carbonyl (C=O) groups excluding carboxylic acids is 1. The lowest BCUT2D eigenvalue weighted by molar-refractivity contribution is -0.119. The van der Waals surface area contributed by atoms with E-state index in [-0.39, 0.29) is 17.8 Å². The molecule has 23 heavy (non-hydrogen) atoms. The van der Waals surface area contributed by atoms with E-state index >= 15 is 0 Å². The van der Waals surface area contributed by atoms with Gasteiger partial charge in [-0.2, -0.15) is 0 Å². The minimum Gasteiger partial charge on any atom is -0.347 e. The molecule has 0 spiro atoms. The molecule has 0 aliphatic heterocycles. The molecule has 0 aliphatic rings. The summed E-state index contributed by atoms with van der Waals surface area (Å²) in [5, 5.41) is 2.84. The molecule has 4 nitrogen and oxygen atoms in total. The summed E-state index contributed by atoms with van der Waals surface area (Å²) in [6.07, 6.45) is 0. The Hall–Kier alpha value is -2.69.